The number of fused-ring (bicyclic) bond motifs is 1. The molecule has 0 spiro atoms. The number of aliphatic hydroxyl groups excluding tert-OH is 1. The van der Waals surface area contributed by atoms with Gasteiger partial charge in [0, 0.05) is 35.6 Å². The molecule has 9 heteroatoms. The summed E-state index contributed by atoms with van der Waals surface area (Å²) in [5, 5.41) is 22.0. The van der Waals surface area contributed by atoms with Gasteiger partial charge in [0.25, 0.3) is 5.91 Å². The number of carbonyl (C=O) groups excluding carboxylic acids is 3. The van der Waals surface area contributed by atoms with Crippen LogP contribution in [0.1, 0.15) is 49.2 Å². The van der Waals surface area contributed by atoms with Crippen LogP contribution in [-0.4, -0.2) is 57.3 Å². The smallest absolute Gasteiger partial charge is 0.251 e. The largest absolute Gasteiger partial charge is 0.391 e. The maximum absolute atomic E-state index is 13.7. The third kappa shape index (κ3) is 9.65. The highest BCUT2D eigenvalue weighted by molar-refractivity contribution is 7.99. The lowest BCUT2D eigenvalue weighted by atomic mass is 9.93. The van der Waals surface area contributed by atoms with E-state index in [1.165, 1.54) is 18.7 Å². The summed E-state index contributed by atoms with van der Waals surface area (Å²) < 4.78 is 0. The molecule has 3 atom stereocenters. The SMILES string of the molecule is CC(=O)N[C@H](CSc1ccc2ccccc2n1)C(=O)N[C@@H](Cc1ccccc1)[C@H](O)Cc1ccccc1C(=O)NC(C)(C)C. The van der Waals surface area contributed by atoms with Gasteiger partial charge < -0.3 is 21.1 Å². The predicted octanol–water partition coefficient (Wildman–Crippen LogP) is 4.69. The number of carbonyl (C=O) groups is 3. The van der Waals surface area contributed by atoms with E-state index in [-0.39, 0.29) is 24.0 Å². The van der Waals surface area contributed by atoms with Gasteiger partial charge in [-0.3, -0.25) is 14.4 Å². The number of thioether (sulfide) groups is 1. The Morgan fingerprint density at radius 2 is 1.52 bits per heavy atom. The van der Waals surface area contributed by atoms with Crippen molar-refractivity contribution in [1.82, 2.24) is 20.9 Å². The average Bonchev–Trinajstić information content (AvgIpc) is 2.98. The first-order valence-electron chi connectivity index (χ1n) is 14.7. The molecular formula is C35H40N4O4S. The number of hydrogen-bond donors (Lipinski definition) is 4. The van der Waals surface area contributed by atoms with E-state index < -0.39 is 29.6 Å². The normalized spacial score (nSPS) is 13.5. The molecule has 0 aliphatic rings. The van der Waals surface area contributed by atoms with Crippen molar-refractivity contribution in [2.75, 3.05) is 5.75 Å². The molecule has 4 N–H and O–H groups in total. The quantitative estimate of drug-likeness (QED) is 0.172. The van der Waals surface area contributed by atoms with Gasteiger partial charge in [-0.05, 0) is 56.5 Å². The van der Waals surface area contributed by atoms with Crippen LogP contribution >= 0.6 is 11.8 Å². The van der Waals surface area contributed by atoms with E-state index in [0.717, 1.165) is 21.5 Å². The lowest BCUT2D eigenvalue weighted by Crippen LogP contribution is -2.54. The summed E-state index contributed by atoms with van der Waals surface area (Å²) in [7, 11) is 0. The van der Waals surface area contributed by atoms with Gasteiger partial charge >= 0.3 is 0 Å². The number of aliphatic hydroxyl groups is 1. The van der Waals surface area contributed by atoms with Crippen molar-refractivity contribution >= 4 is 40.4 Å². The highest BCUT2D eigenvalue weighted by Gasteiger charge is 2.28. The summed E-state index contributed by atoms with van der Waals surface area (Å²) >= 11 is 1.37. The van der Waals surface area contributed by atoms with Crippen LogP contribution in [0.3, 0.4) is 0 Å². The van der Waals surface area contributed by atoms with Crippen molar-refractivity contribution in [2.24, 2.45) is 0 Å². The molecule has 0 aliphatic carbocycles. The number of para-hydroxylation sites is 1. The third-order valence-corrected chi connectivity index (χ3v) is 7.96. The van der Waals surface area contributed by atoms with Crippen molar-refractivity contribution in [3.8, 4) is 0 Å². The maximum Gasteiger partial charge on any atom is 0.251 e. The van der Waals surface area contributed by atoms with Crippen LogP contribution in [-0.2, 0) is 22.4 Å². The summed E-state index contributed by atoms with van der Waals surface area (Å²) in [6, 6.07) is 26.8. The first kappa shape index (κ1) is 32.7. The molecule has 1 aromatic heterocycles. The van der Waals surface area contributed by atoms with Crippen LogP contribution in [0.25, 0.3) is 10.9 Å². The first-order chi connectivity index (χ1) is 21.0. The monoisotopic (exact) mass is 612 g/mol. The van der Waals surface area contributed by atoms with Crippen molar-refractivity contribution in [1.29, 1.82) is 0 Å². The minimum atomic E-state index is -1.02. The lowest BCUT2D eigenvalue weighted by molar-refractivity contribution is -0.128. The van der Waals surface area contributed by atoms with Crippen LogP contribution in [0.5, 0.6) is 0 Å². The predicted molar refractivity (Wildman–Crippen MR) is 176 cm³/mol. The molecule has 230 valence electrons. The Morgan fingerprint density at radius 1 is 0.841 bits per heavy atom. The van der Waals surface area contributed by atoms with Gasteiger partial charge in [-0.1, -0.05) is 72.8 Å². The number of hydrogen-bond acceptors (Lipinski definition) is 6. The third-order valence-electron chi connectivity index (χ3n) is 6.93. The number of amides is 3. The summed E-state index contributed by atoms with van der Waals surface area (Å²) in [6.45, 7) is 7.10. The molecule has 8 nitrogen and oxygen atoms in total. The fourth-order valence-corrected chi connectivity index (χ4v) is 5.75. The van der Waals surface area contributed by atoms with Gasteiger partial charge in [0.15, 0.2) is 0 Å². The van der Waals surface area contributed by atoms with Crippen LogP contribution in [0.15, 0.2) is 96.0 Å². The van der Waals surface area contributed by atoms with Crippen molar-refractivity contribution < 1.29 is 19.5 Å². The lowest BCUT2D eigenvalue weighted by Gasteiger charge is -2.28. The van der Waals surface area contributed by atoms with Crippen molar-refractivity contribution in [3.63, 3.8) is 0 Å². The topological polar surface area (TPSA) is 120 Å². The van der Waals surface area contributed by atoms with Gasteiger partial charge in [0.2, 0.25) is 11.8 Å². The van der Waals surface area contributed by atoms with Crippen molar-refractivity contribution in [2.45, 2.75) is 69.3 Å². The van der Waals surface area contributed by atoms with E-state index in [2.05, 4.69) is 20.9 Å². The summed E-state index contributed by atoms with van der Waals surface area (Å²) in [5.74, 6) is -0.724. The molecule has 0 saturated carbocycles. The highest BCUT2D eigenvalue weighted by Crippen LogP contribution is 2.21. The van der Waals surface area contributed by atoms with Gasteiger partial charge in [-0.25, -0.2) is 4.98 Å². The Hall–Kier alpha value is -4.21. The first-order valence-corrected chi connectivity index (χ1v) is 15.7. The van der Waals surface area contributed by atoms with Crippen LogP contribution in [0, 0.1) is 0 Å². The summed E-state index contributed by atoms with van der Waals surface area (Å²) in [4.78, 5) is 43.5. The Bertz CT molecular complexity index is 1590. The summed E-state index contributed by atoms with van der Waals surface area (Å²) in [6.07, 6.45) is -0.516. The second-order valence-corrected chi connectivity index (χ2v) is 12.9. The fourth-order valence-electron chi connectivity index (χ4n) is 4.85. The van der Waals surface area contributed by atoms with E-state index in [4.69, 9.17) is 0 Å². The van der Waals surface area contributed by atoms with Crippen LogP contribution < -0.4 is 16.0 Å². The number of nitrogens with one attached hydrogen (secondary N) is 3. The number of benzene rings is 3. The van der Waals surface area contributed by atoms with Gasteiger partial charge in [0.1, 0.15) is 6.04 Å². The van der Waals surface area contributed by atoms with E-state index in [1.807, 2.05) is 99.6 Å². The molecule has 0 fully saturated rings. The molecule has 0 aliphatic heterocycles. The molecule has 1 heterocycles. The van der Waals surface area contributed by atoms with Crippen LogP contribution in [0.2, 0.25) is 0 Å². The zero-order valence-electron chi connectivity index (χ0n) is 25.5. The Morgan fingerprint density at radius 3 is 2.25 bits per heavy atom. The highest BCUT2D eigenvalue weighted by atomic mass is 32.2. The zero-order chi connectivity index (χ0) is 31.7. The molecule has 4 aromatic rings. The van der Waals surface area contributed by atoms with Gasteiger partial charge in [0.05, 0.1) is 22.7 Å². The zero-order valence-corrected chi connectivity index (χ0v) is 26.4. The van der Waals surface area contributed by atoms with Crippen molar-refractivity contribution in [3.05, 3.63) is 108 Å². The Kier molecular flexibility index (Phi) is 11.1. The van der Waals surface area contributed by atoms with E-state index in [9.17, 15) is 19.5 Å². The maximum atomic E-state index is 13.7. The minimum absolute atomic E-state index is 0.145. The number of pyridine rings is 1. The standard InChI is InChI=1S/C35H40N4O4S/c1-23(40)36-30(22-44-32-19-18-25-14-9-11-17-28(25)37-32)34(43)38-29(20-24-12-6-5-7-13-24)31(41)21-26-15-8-10-16-27(26)33(42)39-35(2,3)4/h5-19,29-31,41H,20-22H2,1-4H3,(H,36,40)(H,38,43)(H,39,42)/t29-,30+,31+/m0/s1. The van der Waals surface area contributed by atoms with Gasteiger partial charge in [-0.2, -0.15) is 0 Å². The number of nitrogens with zero attached hydrogens (tertiary/aromatic N) is 1. The average molecular weight is 613 g/mol. The molecule has 3 aromatic carbocycles. The second-order valence-electron chi connectivity index (χ2n) is 11.8. The molecule has 44 heavy (non-hydrogen) atoms. The molecular weight excluding hydrogens is 572 g/mol. The van der Waals surface area contributed by atoms with Crippen LogP contribution in [0.4, 0.5) is 0 Å². The number of aromatic nitrogens is 1. The molecule has 0 unspecified atom stereocenters. The molecule has 4 rings (SSSR count). The van der Waals surface area contributed by atoms with E-state index >= 15 is 0 Å². The van der Waals surface area contributed by atoms with Gasteiger partial charge in [-0.15, -0.1) is 11.8 Å². The summed E-state index contributed by atoms with van der Waals surface area (Å²) in [5.41, 5.74) is 2.50. The Balaban J connectivity index is 1.53. The molecule has 0 bridgehead atoms. The fraction of sp³-hybridized carbons (Fsp3) is 0.314. The van der Waals surface area contributed by atoms with E-state index in [0.29, 0.717) is 17.5 Å². The second kappa shape index (κ2) is 15.0. The molecule has 3 amide bonds. The molecule has 0 saturated heterocycles. The Labute approximate surface area is 263 Å². The minimum Gasteiger partial charge on any atom is -0.391 e. The van der Waals surface area contributed by atoms with E-state index in [1.54, 1.807) is 12.1 Å². The number of rotatable bonds is 12. The molecule has 0 radical (unpaired) electrons.